The summed E-state index contributed by atoms with van der Waals surface area (Å²) in [5.41, 5.74) is 1.49. The first-order valence-electron chi connectivity index (χ1n) is 11.0. The van der Waals surface area contributed by atoms with Gasteiger partial charge in [0.1, 0.15) is 10.8 Å². The molecule has 10 nitrogen and oxygen atoms in total. The van der Waals surface area contributed by atoms with Gasteiger partial charge in [-0.05, 0) is 55.3 Å². The Bertz CT molecular complexity index is 1210. The minimum absolute atomic E-state index is 0.0176. The molecule has 0 unspecified atom stereocenters. The van der Waals surface area contributed by atoms with E-state index in [1.165, 1.54) is 18.4 Å². The van der Waals surface area contributed by atoms with Crippen molar-refractivity contribution < 1.29 is 23.9 Å². The van der Waals surface area contributed by atoms with E-state index in [4.69, 9.17) is 9.47 Å². The molecule has 1 fully saturated rings. The van der Waals surface area contributed by atoms with Gasteiger partial charge in [-0.25, -0.2) is 9.59 Å². The van der Waals surface area contributed by atoms with Gasteiger partial charge in [0.2, 0.25) is 5.01 Å². The number of urea groups is 1. The SMILES string of the molecule is COC(=O)c1cccc(NC(=O)N2CCC[C@H](c3nnc(C(=O)Nc4ccc(OC)cc4)s3)C2)c1. The van der Waals surface area contributed by atoms with Gasteiger partial charge in [-0.3, -0.25) is 4.79 Å². The number of piperidine rings is 1. The van der Waals surface area contributed by atoms with Crippen molar-refractivity contribution in [3.05, 3.63) is 64.1 Å². The molecule has 0 spiro atoms. The van der Waals surface area contributed by atoms with Crippen molar-refractivity contribution in [1.82, 2.24) is 15.1 Å². The highest BCUT2D eigenvalue weighted by Crippen LogP contribution is 2.30. The topological polar surface area (TPSA) is 123 Å². The highest BCUT2D eigenvalue weighted by molar-refractivity contribution is 7.13. The van der Waals surface area contributed by atoms with Gasteiger partial charge in [0, 0.05) is 30.4 Å². The summed E-state index contributed by atoms with van der Waals surface area (Å²) in [6, 6.07) is 13.3. The molecule has 0 radical (unpaired) electrons. The van der Waals surface area contributed by atoms with Crippen molar-refractivity contribution >= 4 is 40.6 Å². The molecule has 35 heavy (non-hydrogen) atoms. The number of carbonyl (C=O) groups excluding carboxylic acids is 3. The Hall–Kier alpha value is -3.99. The molecule has 1 aliphatic heterocycles. The van der Waals surface area contributed by atoms with Crippen LogP contribution in [0, 0.1) is 0 Å². The van der Waals surface area contributed by atoms with Crippen LogP contribution in [-0.2, 0) is 4.74 Å². The number of benzene rings is 2. The van der Waals surface area contributed by atoms with Crippen molar-refractivity contribution in [3.63, 3.8) is 0 Å². The van der Waals surface area contributed by atoms with Crippen molar-refractivity contribution in [2.24, 2.45) is 0 Å². The summed E-state index contributed by atoms with van der Waals surface area (Å²) in [5, 5.41) is 14.9. The van der Waals surface area contributed by atoms with E-state index in [2.05, 4.69) is 20.8 Å². The maximum absolute atomic E-state index is 12.9. The van der Waals surface area contributed by atoms with Crippen LogP contribution < -0.4 is 15.4 Å². The molecular weight excluding hydrogens is 470 g/mol. The van der Waals surface area contributed by atoms with Crippen LogP contribution in [0.3, 0.4) is 0 Å². The van der Waals surface area contributed by atoms with E-state index < -0.39 is 5.97 Å². The molecule has 1 saturated heterocycles. The smallest absolute Gasteiger partial charge is 0.337 e. The summed E-state index contributed by atoms with van der Waals surface area (Å²) in [5.74, 6) is -0.128. The zero-order chi connectivity index (χ0) is 24.8. The molecule has 11 heteroatoms. The highest BCUT2D eigenvalue weighted by atomic mass is 32.1. The molecule has 1 aromatic heterocycles. The third-order valence-corrected chi connectivity index (χ3v) is 6.66. The second kappa shape index (κ2) is 11.0. The molecule has 3 aromatic rings. The first kappa shape index (κ1) is 24.1. The molecular formula is C24H25N5O5S. The maximum atomic E-state index is 12.9. The third kappa shape index (κ3) is 5.93. The van der Waals surface area contributed by atoms with Crippen molar-refractivity contribution in [2.75, 3.05) is 37.9 Å². The molecule has 2 N–H and O–H groups in total. The number of esters is 1. The van der Waals surface area contributed by atoms with E-state index in [0.29, 0.717) is 35.8 Å². The molecule has 1 aliphatic rings. The minimum atomic E-state index is -0.470. The third-order valence-electron chi connectivity index (χ3n) is 5.58. The maximum Gasteiger partial charge on any atom is 0.337 e. The van der Waals surface area contributed by atoms with Gasteiger partial charge >= 0.3 is 12.0 Å². The van der Waals surface area contributed by atoms with E-state index in [9.17, 15) is 14.4 Å². The van der Waals surface area contributed by atoms with E-state index in [0.717, 1.165) is 17.8 Å². The number of nitrogens with zero attached hydrogens (tertiary/aromatic N) is 3. The van der Waals surface area contributed by atoms with Gasteiger partial charge in [0.05, 0.1) is 19.8 Å². The highest BCUT2D eigenvalue weighted by Gasteiger charge is 2.28. The predicted octanol–water partition coefficient (Wildman–Crippen LogP) is 4.00. The largest absolute Gasteiger partial charge is 0.497 e. The molecule has 0 aliphatic carbocycles. The summed E-state index contributed by atoms with van der Waals surface area (Å²) < 4.78 is 9.85. The normalized spacial score (nSPS) is 15.3. The number of rotatable bonds is 6. The van der Waals surface area contributed by atoms with Gasteiger partial charge < -0.3 is 25.0 Å². The Kier molecular flexibility index (Phi) is 7.56. The number of hydrogen-bond acceptors (Lipinski definition) is 8. The van der Waals surface area contributed by atoms with Crippen molar-refractivity contribution in [1.29, 1.82) is 0 Å². The fourth-order valence-corrected chi connectivity index (χ4v) is 4.62. The molecule has 2 aromatic carbocycles. The van der Waals surface area contributed by atoms with Gasteiger partial charge in [0.25, 0.3) is 5.91 Å². The van der Waals surface area contributed by atoms with Gasteiger partial charge in [-0.1, -0.05) is 17.4 Å². The van der Waals surface area contributed by atoms with Crippen LogP contribution in [0.15, 0.2) is 48.5 Å². The van der Waals surface area contributed by atoms with Crippen LogP contribution in [0.4, 0.5) is 16.2 Å². The van der Waals surface area contributed by atoms with Crippen molar-refractivity contribution in [3.8, 4) is 5.75 Å². The minimum Gasteiger partial charge on any atom is -0.497 e. The molecule has 182 valence electrons. The quantitative estimate of drug-likeness (QED) is 0.496. The Morgan fingerprint density at radius 2 is 1.83 bits per heavy atom. The number of anilines is 2. The lowest BCUT2D eigenvalue weighted by Gasteiger charge is -2.31. The predicted molar refractivity (Wildman–Crippen MR) is 131 cm³/mol. The lowest BCUT2D eigenvalue weighted by Crippen LogP contribution is -2.41. The van der Waals surface area contributed by atoms with E-state index in [1.54, 1.807) is 60.5 Å². The average Bonchev–Trinajstić information content (AvgIpc) is 3.39. The number of likely N-dealkylation sites (tertiary alicyclic amines) is 1. The van der Waals surface area contributed by atoms with Crippen LogP contribution in [0.1, 0.15) is 43.9 Å². The summed E-state index contributed by atoms with van der Waals surface area (Å²) in [6.45, 7) is 1.06. The average molecular weight is 496 g/mol. The van der Waals surface area contributed by atoms with E-state index in [1.807, 2.05) is 0 Å². The Labute approximate surface area is 206 Å². The number of amides is 3. The number of hydrogen-bond donors (Lipinski definition) is 2. The lowest BCUT2D eigenvalue weighted by atomic mass is 9.99. The number of nitrogens with one attached hydrogen (secondary N) is 2. The zero-order valence-electron chi connectivity index (χ0n) is 19.3. The van der Waals surface area contributed by atoms with Crippen molar-refractivity contribution in [2.45, 2.75) is 18.8 Å². The number of ether oxygens (including phenoxy) is 2. The molecule has 2 heterocycles. The molecule has 1 atom stereocenters. The van der Waals surface area contributed by atoms with Gasteiger partial charge in [-0.15, -0.1) is 10.2 Å². The second-order valence-corrected chi connectivity index (χ2v) is 8.92. The fraction of sp³-hybridized carbons (Fsp3) is 0.292. The molecule has 0 bridgehead atoms. The molecule has 0 saturated carbocycles. The summed E-state index contributed by atoms with van der Waals surface area (Å²) in [7, 11) is 2.89. The summed E-state index contributed by atoms with van der Waals surface area (Å²) in [4.78, 5) is 38.9. The lowest BCUT2D eigenvalue weighted by molar-refractivity contribution is 0.0600. The Balaban J connectivity index is 1.37. The van der Waals surface area contributed by atoms with Gasteiger partial charge in [0.15, 0.2) is 0 Å². The van der Waals surface area contributed by atoms with E-state index >= 15 is 0 Å². The number of methoxy groups -OCH3 is 2. The standard InChI is InChI=1S/C24H25N5O5S/c1-33-19-10-8-17(9-11-19)25-20(30)22-28-27-21(35-22)16-6-4-12-29(14-16)24(32)26-18-7-3-5-15(13-18)23(31)34-2/h3,5,7-11,13,16H,4,6,12,14H2,1-2H3,(H,25,30)(H,26,32)/t16-/m0/s1. The summed E-state index contributed by atoms with van der Waals surface area (Å²) >= 11 is 1.23. The first-order chi connectivity index (χ1) is 17.0. The second-order valence-electron chi connectivity index (χ2n) is 7.92. The van der Waals surface area contributed by atoms with Crippen LogP contribution in [-0.4, -0.2) is 60.3 Å². The first-order valence-corrected chi connectivity index (χ1v) is 11.8. The van der Waals surface area contributed by atoms with Crippen LogP contribution >= 0.6 is 11.3 Å². The summed E-state index contributed by atoms with van der Waals surface area (Å²) in [6.07, 6.45) is 1.64. The Morgan fingerprint density at radius 3 is 2.57 bits per heavy atom. The van der Waals surface area contributed by atoms with Crippen LogP contribution in [0.2, 0.25) is 0 Å². The van der Waals surface area contributed by atoms with Gasteiger partial charge in [-0.2, -0.15) is 0 Å². The molecule has 4 rings (SSSR count). The van der Waals surface area contributed by atoms with Crippen LogP contribution in [0.25, 0.3) is 0 Å². The molecule has 3 amide bonds. The van der Waals surface area contributed by atoms with Crippen LogP contribution in [0.5, 0.6) is 5.75 Å². The fourth-order valence-electron chi connectivity index (χ4n) is 3.76. The number of aromatic nitrogens is 2. The zero-order valence-corrected chi connectivity index (χ0v) is 20.1. The monoisotopic (exact) mass is 495 g/mol. The van der Waals surface area contributed by atoms with E-state index in [-0.39, 0.29) is 22.9 Å². The number of carbonyl (C=O) groups is 3. The Morgan fingerprint density at radius 1 is 1.03 bits per heavy atom.